The van der Waals surface area contributed by atoms with Crippen LogP contribution in [0.25, 0.3) is 0 Å². The molecular formula is C10H10F2O3S. The predicted octanol–water partition coefficient (Wildman–Crippen LogP) is 2.80. The number of hydrogen-bond donors (Lipinski definition) is 1. The van der Waals surface area contributed by atoms with Crippen LogP contribution in [0.1, 0.15) is 38.8 Å². The standard InChI is InChI=1S/C10H10F2O3S/c1-10(2,9(11)12)6-3-5(4-13)16-7(6)8(14)15/h3-4,9H,1-2H3,(H,14,15). The quantitative estimate of drug-likeness (QED) is 0.833. The summed E-state index contributed by atoms with van der Waals surface area (Å²) in [6, 6.07) is 1.22. The van der Waals surface area contributed by atoms with Crippen LogP contribution in [-0.2, 0) is 5.41 Å². The van der Waals surface area contributed by atoms with E-state index in [2.05, 4.69) is 0 Å². The Balaban J connectivity index is 3.36. The summed E-state index contributed by atoms with van der Waals surface area (Å²) in [6.45, 7) is 2.50. The number of carbonyl (C=O) groups is 2. The summed E-state index contributed by atoms with van der Waals surface area (Å²) >= 11 is 0.711. The van der Waals surface area contributed by atoms with E-state index in [9.17, 15) is 18.4 Å². The lowest BCUT2D eigenvalue weighted by Crippen LogP contribution is -2.28. The van der Waals surface area contributed by atoms with Crippen molar-refractivity contribution in [3.63, 3.8) is 0 Å². The van der Waals surface area contributed by atoms with Gasteiger partial charge in [-0.2, -0.15) is 0 Å². The number of halogens is 2. The molecule has 0 amide bonds. The van der Waals surface area contributed by atoms with E-state index in [4.69, 9.17) is 5.11 Å². The van der Waals surface area contributed by atoms with Crippen LogP contribution in [0.2, 0.25) is 0 Å². The molecule has 0 fully saturated rings. The number of aromatic carboxylic acids is 1. The summed E-state index contributed by atoms with van der Waals surface area (Å²) in [6.07, 6.45) is -2.23. The SMILES string of the molecule is CC(C)(c1cc(C=O)sc1C(=O)O)C(F)F. The largest absolute Gasteiger partial charge is 0.477 e. The second kappa shape index (κ2) is 4.29. The van der Waals surface area contributed by atoms with Gasteiger partial charge in [-0.25, -0.2) is 13.6 Å². The lowest BCUT2D eigenvalue weighted by molar-refractivity contribution is 0.0641. The molecule has 0 aliphatic carbocycles. The topological polar surface area (TPSA) is 54.4 Å². The zero-order valence-electron chi connectivity index (χ0n) is 8.66. The van der Waals surface area contributed by atoms with Crippen LogP contribution < -0.4 is 0 Å². The number of hydrogen-bond acceptors (Lipinski definition) is 3. The molecule has 6 heteroatoms. The predicted molar refractivity (Wildman–Crippen MR) is 55.7 cm³/mol. The molecule has 0 unspecified atom stereocenters. The highest BCUT2D eigenvalue weighted by atomic mass is 32.1. The number of carboxylic acids is 1. The lowest BCUT2D eigenvalue weighted by atomic mass is 9.85. The van der Waals surface area contributed by atoms with E-state index in [1.54, 1.807) is 0 Å². The summed E-state index contributed by atoms with van der Waals surface area (Å²) in [5.74, 6) is -1.29. The fraction of sp³-hybridized carbons (Fsp3) is 0.400. The molecule has 0 saturated heterocycles. The number of aldehydes is 1. The summed E-state index contributed by atoms with van der Waals surface area (Å²) in [7, 11) is 0. The van der Waals surface area contributed by atoms with Crippen LogP contribution >= 0.6 is 11.3 Å². The van der Waals surface area contributed by atoms with Crippen molar-refractivity contribution in [1.29, 1.82) is 0 Å². The summed E-state index contributed by atoms with van der Waals surface area (Å²) < 4.78 is 25.6. The molecule has 1 aromatic rings. The molecule has 1 aromatic heterocycles. The maximum Gasteiger partial charge on any atom is 0.346 e. The van der Waals surface area contributed by atoms with Crippen molar-refractivity contribution in [3.8, 4) is 0 Å². The highest BCUT2D eigenvalue weighted by molar-refractivity contribution is 7.15. The van der Waals surface area contributed by atoms with Crippen LogP contribution in [0.3, 0.4) is 0 Å². The van der Waals surface area contributed by atoms with Gasteiger partial charge in [0.15, 0.2) is 6.29 Å². The second-order valence-electron chi connectivity index (χ2n) is 3.84. The van der Waals surface area contributed by atoms with E-state index in [1.165, 1.54) is 19.9 Å². The van der Waals surface area contributed by atoms with Crippen LogP contribution in [0.15, 0.2) is 6.07 Å². The Morgan fingerprint density at radius 2 is 2.12 bits per heavy atom. The molecule has 1 heterocycles. The zero-order chi connectivity index (χ0) is 12.5. The zero-order valence-corrected chi connectivity index (χ0v) is 9.48. The Morgan fingerprint density at radius 1 is 1.56 bits per heavy atom. The molecule has 0 aliphatic rings. The van der Waals surface area contributed by atoms with E-state index in [1.807, 2.05) is 0 Å². The molecule has 1 N–H and O–H groups in total. The number of thiophene rings is 1. The monoisotopic (exact) mass is 248 g/mol. The fourth-order valence-electron chi connectivity index (χ4n) is 1.22. The molecule has 3 nitrogen and oxygen atoms in total. The van der Waals surface area contributed by atoms with Gasteiger partial charge in [0.25, 0.3) is 0 Å². The van der Waals surface area contributed by atoms with Gasteiger partial charge in [-0.1, -0.05) is 13.8 Å². The molecule has 0 atom stereocenters. The summed E-state index contributed by atoms with van der Waals surface area (Å²) in [5.41, 5.74) is -1.58. The summed E-state index contributed by atoms with van der Waals surface area (Å²) in [5, 5.41) is 8.87. The third-order valence-corrected chi connectivity index (χ3v) is 3.35. The first-order valence-corrected chi connectivity index (χ1v) is 5.23. The van der Waals surface area contributed by atoms with Crippen molar-refractivity contribution < 1.29 is 23.5 Å². The number of carbonyl (C=O) groups excluding carboxylic acids is 1. The van der Waals surface area contributed by atoms with Gasteiger partial charge in [-0.05, 0) is 11.6 Å². The Bertz CT molecular complexity index is 424. The minimum absolute atomic E-state index is 0.00194. The van der Waals surface area contributed by atoms with E-state index in [0.29, 0.717) is 17.6 Å². The van der Waals surface area contributed by atoms with Crippen LogP contribution in [-0.4, -0.2) is 23.8 Å². The van der Waals surface area contributed by atoms with Crippen LogP contribution in [0.5, 0.6) is 0 Å². The highest BCUT2D eigenvalue weighted by Gasteiger charge is 2.36. The third kappa shape index (κ3) is 2.11. The van der Waals surface area contributed by atoms with Gasteiger partial charge >= 0.3 is 5.97 Å². The van der Waals surface area contributed by atoms with Crippen LogP contribution in [0, 0.1) is 0 Å². The summed E-state index contributed by atoms with van der Waals surface area (Å²) in [4.78, 5) is 21.3. The fourth-order valence-corrected chi connectivity index (χ4v) is 2.20. The van der Waals surface area contributed by atoms with Gasteiger partial charge in [0.2, 0.25) is 6.43 Å². The molecule has 16 heavy (non-hydrogen) atoms. The third-order valence-electron chi connectivity index (χ3n) is 2.30. The molecule has 0 aromatic carbocycles. The average Bonchev–Trinajstić information content (AvgIpc) is 2.61. The van der Waals surface area contributed by atoms with E-state index in [-0.39, 0.29) is 15.3 Å². The minimum atomic E-state index is -2.69. The maximum atomic E-state index is 12.8. The molecule has 0 bridgehead atoms. The minimum Gasteiger partial charge on any atom is -0.477 e. The molecule has 0 saturated carbocycles. The normalized spacial score (nSPS) is 11.8. The van der Waals surface area contributed by atoms with Crippen molar-refractivity contribution in [2.75, 3.05) is 0 Å². The van der Waals surface area contributed by atoms with Gasteiger partial charge in [-0.3, -0.25) is 4.79 Å². The van der Waals surface area contributed by atoms with E-state index < -0.39 is 17.8 Å². The van der Waals surface area contributed by atoms with E-state index in [0.717, 1.165) is 0 Å². The molecular weight excluding hydrogens is 238 g/mol. The Labute approximate surface area is 94.7 Å². The molecule has 0 spiro atoms. The van der Waals surface area contributed by atoms with Crippen molar-refractivity contribution in [3.05, 3.63) is 21.4 Å². The smallest absolute Gasteiger partial charge is 0.346 e. The van der Waals surface area contributed by atoms with Crippen LogP contribution in [0.4, 0.5) is 8.78 Å². The Kier molecular flexibility index (Phi) is 3.42. The first-order valence-electron chi connectivity index (χ1n) is 4.41. The molecule has 1 rings (SSSR count). The van der Waals surface area contributed by atoms with Crippen molar-refractivity contribution in [1.82, 2.24) is 0 Å². The molecule has 0 aliphatic heterocycles. The van der Waals surface area contributed by atoms with Crippen molar-refractivity contribution >= 4 is 23.6 Å². The lowest BCUT2D eigenvalue weighted by Gasteiger charge is -2.23. The van der Waals surface area contributed by atoms with Gasteiger partial charge in [-0.15, -0.1) is 11.3 Å². The van der Waals surface area contributed by atoms with Gasteiger partial charge in [0, 0.05) is 0 Å². The molecule has 88 valence electrons. The molecule has 0 radical (unpaired) electrons. The maximum absolute atomic E-state index is 12.8. The average molecular weight is 248 g/mol. The van der Waals surface area contributed by atoms with Crippen molar-refractivity contribution in [2.45, 2.75) is 25.7 Å². The van der Waals surface area contributed by atoms with Gasteiger partial charge in [0.1, 0.15) is 4.88 Å². The highest BCUT2D eigenvalue weighted by Crippen LogP contribution is 2.36. The van der Waals surface area contributed by atoms with Crippen molar-refractivity contribution in [2.24, 2.45) is 0 Å². The van der Waals surface area contributed by atoms with Gasteiger partial charge < -0.3 is 5.11 Å². The first kappa shape index (κ1) is 12.8. The number of alkyl halides is 2. The number of carboxylic acid groups (broad SMARTS) is 1. The Hall–Kier alpha value is -1.30. The van der Waals surface area contributed by atoms with E-state index >= 15 is 0 Å². The second-order valence-corrected chi connectivity index (χ2v) is 4.92. The first-order chi connectivity index (χ1) is 7.30. The van der Waals surface area contributed by atoms with Gasteiger partial charge in [0.05, 0.1) is 10.3 Å². The Morgan fingerprint density at radius 3 is 2.50 bits per heavy atom. The number of rotatable bonds is 4.